The van der Waals surface area contributed by atoms with Gasteiger partial charge in [0.05, 0.1) is 21.1 Å². The standard InChI is InChI=1S/C25H32N6O4S2/c1-16(2)35-25(32)31-10-4-9-30(11-12-31)24-26-15-21(36-24)20-8-5-18(27-23-13-17(3)28-29-23)14-22(20)37(33,34)19-6-7-19/h5,8,13-16,19H,4,6-7,9-12H2,1-3H3,(H2,27,28,29). The van der Waals surface area contributed by atoms with Gasteiger partial charge in [0.15, 0.2) is 20.8 Å². The number of ether oxygens (including phenoxy) is 1. The molecule has 12 heteroatoms. The molecule has 1 amide bonds. The van der Waals surface area contributed by atoms with Gasteiger partial charge in [-0.15, -0.1) is 0 Å². The van der Waals surface area contributed by atoms with E-state index in [-0.39, 0.29) is 17.4 Å². The highest BCUT2D eigenvalue weighted by atomic mass is 32.2. The first-order valence-electron chi connectivity index (χ1n) is 12.5. The summed E-state index contributed by atoms with van der Waals surface area (Å²) in [7, 11) is -3.46. The Morgan fingerprint density at radius 3 is 2.70 bits per heavy atom. The molecule has 0 spiro atoms. The van der Waals surface area contributed by atoms with Crippen molar-refractivity contribution in [3.8, 4) is 10.4 Å². The zero-order chi connectivity index (χ0) is 26.2. The SMILES string of the molecule is Cc1cc(Nc2ccc(-c3cnc(N4CCCN(C(=O)OC(C)C)CC4)s3)c(S(=O)(=O)C3CC3)c2)n[nH]1. The largest absolute Gasteiger partial charge is 0.447 e. The summed E-state index contributed by atoms with van der Waals surface area (Å²) in [5, 5.41) is 10.8. The van der Waals surface area contributed by atoms with Gasteiger partial charge < -0.3 is 19.9 Å². The van der Waals surface area contributed by atoms with Gasteiger partial charge in [-0.25, -0.2) is 18.2 Å². The number of hydrogen-bond donors (Lipinski definition) is 2. The van der Waals surface area contributed by atoms with E-state index < -0.39 is 9.84 Å². The second kappa shape index (κ2) is 10.3. The fourth-order valence-corrected chi connectivity index (χ4v) is 7.29. The van der Waals surface area contributed by atoms with Crippen LogP contribution in [0.3, 0.4) is 0 Å². The number of H-pyrrole nitrogens is 1. The number of nitrogens with zero attached hydrogens (tertiary/aromatic N) is 4. The van der Waals surface area contributed by atoms with Gasteiger partial charge in [0.1, 0.15) is 0 Å². The Kier molecular flexibility index (Phi) is 7.13. The van der Waals surface area contributed by atoms with Crippen LogP contribution in [0.2, 0.25) is 0 Å². The summed E-state index contributed by atoms with van der Waals surface area (Å²) in [5.41, 5.74) is 2.24. The maximum absolute atomic E-state index is 13.4. The molecule has 198 valence electrons. The summed E-state index contributed by atoms with van der Waals surface area (Å²) in [6.45, 7) is 8.18. The first kappa shape index (κ1) is 25.5. The summed E-state index contributed by atoms with van der Waals surface area (Å²) >= 11 is 1.48. The Labute approximate surface area is 221 Å². The predicted octanol–water partition coefficient (Wildman–Crippen LogP) is 4.58. The molecule has 1 aliphatic heterocycles. The van der Waals surface area contributed by atoms with E-state index in [1.807, 2.05) is 39.0 Å². The van der Waals surface area contributed by atoms with Crippen molar-refractivity contribution in [1.29, 1.82) is 0 Å². The number of thiazole rings is 1. The molecule has 37 heavy (non-hydrogen) atoms. The van der Waals surface area contributed by atoms with E-state index in [0.29, 0.717) is 54.4 Å². The maximum Gasteiger partial charge on any atom is 0.410 e. The molecule has 1 aliphatic carbocycles. The summed E-state index contributed by atoms with van der Waals surface area (Å²) in [6, 6.07) is 7.29. The van der Waals surface area contributed by atoms with E-state index in [9.17, 15) is 13.2 Å². The molecule has 10 nitrogen and oxygen atoms in total. The van der Waals surface area contributed by atoms with Gasteiger partial charge in [0.2, 0.25) is 0 Å². The molecule has 2 N–H and O–H groups in total. The van der Waals surface area contributed by atoms with E-state index in [0.717, 1.165) is 28.7 Å². The van der Waals surface area contributed by atoms with E-state index in [4.69, 9.17) is 4.74 Å². The Balaban J connectivity index is 1.38. The smallest absolute Gasteiger partial charge is 0.410 e. The molecule has 0 atom stereocenters. The van der Waals surface area contributed by atoms with Crippen LogP contribution in [0.4, 0.5) is 21.4 Å². The average molecular weight is 545 g/mol. The van der Waals surface area contributed by atoms with Gasteiger partial charge in [-0.05, 0) is 52.2 Å². The summed E-state index contributed by atoms with van der Waals surface area (Å²) in [6.07, 6.45) is 3.49. The number of carbonyl (C=O) groups is 1. The molecule has 1 saturated heterocycles. The number of nitrogens with one attached hydrogen (secondary N) is 2. The number of benzene rings is 1. The minimum Gasteiger partial charge on any atom is -0.447 e. The van der Waals surface area contributed by atoms with Crippen molar-refractivity contribution in [2.45, 2.75) is 56.3 Å². The number of aryl methyl sites for hydroxylation is 1. The van der Waals surface area contributed by atoms with Crippen molar-refractivity contribution in [2.75, 3.05) is 36.4 Å². The fraction of sp³-hybridized carbons (Fsp3) is 0.480. The van der Waals surface area contributed by atoms with Crippen LogP contribution in [0.25, 0.3) is 10.4 Å². The monoisotopic (exact) mass is 544 g/mol. The average Bonchev–Trinajstić information content (AvgIpc) is 3.56. The van der Waals surface area contributed by atoms with Crippen molar-refractivity contribution >= 4 is 43.9 Å². The van der Waals surface area contributed by atoms with Crippen molar-refractivity contribution in [3.63, 3.8) is 0 Å². The molecule has 3 heterocycles. The lowest BCUT2D eigenvalue weighted by atomic mass is 10.2. The molecule has 1 aromatic carbocycles. The van der Waals surface area contributed by atoms with Gasteiger partial charge in [0.25, 0.3) is 0 Å². The number of carbonyl (C=O) groups excluding carboxylic acids is 1. The summed E-state index contributed by atoms with van der Waals surface area (Å²) < 4.78 is 32.2. The molecular formula is C25H32N6O4S2. The molecular weight excluding hydrogens is 512 g/mol. The zero-order valence-corrected chi connectivity index (χ0v) is 22.9. The van der Waals surface area contributed by atoms with Crippen LogP contribution in [0.1, 0.15) is 38.8 Å². The molecule has 0 unspecified atom stereocenters. The molecule has 5 rings (SSSR count). The maximum atomic E-state index is 13.4. The molecule has 2 fully saturated rings. The first-order valence-corrected chi connectivity index (χ1v) is 14.9. The third kappa shape index (κ3) is 5.74. The normalized spacial score (nSPS) is 16.6. The third-order valence-electron chi connectivity index (χ3n) is 6.35. The summed E-state index contributed by atoms with van der Waals surface area (Å²) in [5.74, 6) is 0.632. The lowest BCUT2D eigenvalue weighted by Crippen LogP contribution is -2.36. The molecule has 0 bridgehead atoms. The molecule has 3 aromatic rings. The Bertz CT molecular complexity index is 1380. The second-order valence-electron chi connectivity index (χ2n) is 9.78. The van der Waals surface area contributed by atoms with Crippen LogP contribution in [-0.2, 0) is 14.6 Å². The second-order valence-corrected chi connectivity index (χ2v) is 13.0. The minimum absolute atomic E-state index is 0.153. The van der Waals surface area contributed by atoms with Crippen molar-refractivity contribution in [2.24, 2.45) is 0 Å². The minimum atomic E-state index is -3.46. The van der Waals surface area contributed by atoms with E-state index >= 15 is 0 Å². The molecule has 2 aliphatic rings. The van der Waals surface area contributed by atoms with Crippen LogP contribution in [-0.4, -0.2) is 72.1 Å². The van der Waals surface area contributed by atoms with Crippen LogP contribution in [0, 0.1) is 6.92 Å². The third-order valence-corrected chi connectivity index (χ3v) is 9.74. The van der Waals surface area contributed by atoms with Crippen molar-refractivity contribution in [3.05, 3.63) is 36.2 Å². The number of amides is 1. The van der Waals surface area contributed by atoms with Crippen LogP contribution in [0.15, 0.2) is 35.4 Å². The predicted molar refractivity (Wildman–Crippen MR) is 144 cm³/mol. The first-order chi connectivity index (χ1) is 17.7. The number of sulfone groups is 1. The number of aromatic nitrogens is 3. The zero-order valence-electron chi connectivity index (χ0n) is 21.2. The van der Waals surface area contributed by atoms with Gasteiger partial charge >= 0.3 is 6.09 Å². The highest BCUT2D eigenvalue weighted by molar-refractivity contribution is 7.92. The topological polar surface area (TPSA) is 121 Å². The molecule has 2 aromatic heterocycles. The molecule has 0 radical (unpaired) electrons. The van der Waals surface area contributed by atoms with Gasteiger partial charge in [0, 0.05) is 55.4 Å². The summed E-state index contributed by atoms with van der Waals surface area (Å²) in [4.78, 5) is 22.0. The Morgan fingerprint density at radius 1 is 1.19 bits per heavy atom. The number of rotatable bonds is 7. The van der Waals surface area contributed by atoms with E-state index in [1.165, 1.54) is 11.3 Å². The number of anilines is 3. The van der Waals surface area contributed by atoms with Gasteiger partial charge in [-0.3, -0.25) is 5.10 Å². The van der Waals surface area contributed by atoms with E-state index in [2.05, 4.69) is 25.4 Å². The Morgan fingerprint density at radius 2 is 2.00 bits per heavy atom. The van der Waals surface area contributed by atoms with Crippen molar-refractivity contribution < 1.29 is 17.9 Å². The Hall–Kier alpha value is -3.12. The van der Waals surface area contributed by atoms with Crippen LogP contribution < -0.4 is 10.2 Å². The van der Waals surface area contributed by atoms with Gasteiger partial charge in [-0.1, -0.05) is 17.4 Å². The van der Waals surface area contributed by atoms with Crippen LogP contribution >= 0.6 is 11.3 Å². The van der Waals surface area contributed by atoms with Crippen LogP contribution in [0.5, 0.6) is 0 Å². The lowest BCUT2D eigenvalue weighted by molar-refractivity contribution is 0.0788. The number of aromatic amines is 1. The molecule has 1 saturated carbocycles. The number of hydrogen-bond acceptors (Lipinski definition) is 9. The fourth-order valence-electron chi connectivity index (χ4n) is 4.33. The highest BCUT2D eigenvalue weighted by Gasteiger charge is 2.38. The lowest BCUT2D eigenvalue weighted by Gasteiger charge is -2.22. The quantitative estimate of drug-likeness (QED) is 0.444. The van der Waals surface area contributed by atoms with Gasteiger partial charge in [-0.2, -0.15) is 5.10 Å². The highest BCUT2D eigenvalue weighted by Crippen LogP contribution is 2.42. The van der Waals surface area contributed by atoms with Crippen molar-refractivity contribution in [1.82, 2.24) is 20.1 Å². The van der Waals surface area contributed by atoms with E-state index in [1.54, 1.807) is 17.2 Å².